The number of nitrogens with one attached hydrogen (secondary N) is 2. The molecule has 0 saturated heterocycles. The van der Waals surface area contributed by atoms with E-state index in [-0.39, 0.29) is 65.7 Å². The maximum Gasteiger partial charge on any atom is 0.314 e. The maximum atomic E-state index is 15.5. The van der Waals surface area contributed by atoms with Gasteiger partial charge in [0.2, 0.25) is 5.91 Å². The highest BCUT2D eigenvalue weighted by molar-refractivity contribution is 5.96. The van der Waals surface area contributed by atoms with Crippen LogP contribution in [0.5, 0.6) is 11.5 Å². The van der Waals surface area contributed by atoms with Gasteiger partial charge in [-0.25, -0.2) is 9.36 Å². The zero-order chi connectivity index (χ0) is 50.1. The number of nitrogens with two attached hydrogens (primary N) is 1. The standard InChI is InChI=1S/C50H45N9O11/c1-4-70-50(63)45(43-41(35-8-6-10-37(24-35)59(66)67)27-55-57(49(43)62)29-32-15-21-39(69-3)22-16-32)44(47(60)53-25-30-11-17-33(18-12-30)46(51)52)42-40(34-7-5-9-36(23-34)58(64)65)26-54-56(48(42)61)28-31-13-19-38(68-2)20-14-31/h5-24,26-27,44-45H,4,25,28-29H2,1-3H3,(H3,51,52)(H,53,60). The van der Waals surface area contributed by atoms with E-state index in [2.05, 4.69) is 15.5 Å². The van der Waals surface area contributed by atoms with E-state index in [1.165, 1.54) is 82.1 Å². The molecule has 2 heterocycles. The van der Waals surface area contributed by atoms with E-state index in [1.54, 1.807) is 72.8 Å². The van der Waals surface area contributed by atoms with Crippen molar-refractivity contribution in [3.05, 3.63) is 208 Å². The number of methoxy groups -OCH3 is 2. The molecular weight excluding hydrogens is 903 g/mol. The van der Waals surface area contributed by atoms with Crippen LogP contribution in [0.1, 0.15) is 52.1 Å². The van der Waals surface area contributed by atoms with Crippen LogP contribution in [0.4, 0.5) is 11.4 Å². The van der Waals surface area contributed by atoms with Gasteiger partial charge in [-0.2, -0.15) is 10.2 Å². The first-order chi connectivity index (χ1) is 33.7. The molecule has 0 spiro atoms. The lowest BCUT2D eigenvalue weighted by Crippen LogP contribution is -2.43. The molecule has 5 aromatic carbocycles. The quantitative estimate of drug-likeness (QED) is 0.0272. The summed E-state index contributed by atoms with van der Waals surface area (Å²) in [5, 5.41) is 43.9. The molecule has 356 valence electrons. The van der Waals surface area contributed by atoms with Gasteiger partial charge in [-0.1, -0.05) is 72.8 Å². The second-order valence-electron chi connectivity index (χ2n) is 15.7. The highest BCUT2D eigenvalue weighted by atomic mass is 16.6. The molecule has 0 fully saturated rings. The summed E-state index contributed by atoms with van der Waals surface area (Å²) in [6, 6.07) is 30.3. The zero-order valence-corrected chi connectivity index (χ0v) is 37.9. The first kappa shape index (κ1) is 48.6. The van der Waals surface area contributed by atoms with Crippen molar-refractivity contribution >= 4 is 29.1 Å². The fourth-order valence-electron chi connectivity index (χ4n) is 7.88. The van der Waals surface area contributed by atoms with Crippen LogP contribution in [0.15, 0.2) is 143 Å². The topological polar surface area (TPSA) is 280 Å². The molecule has 2 unspecified atom stereocenters. The number of hydrogen-bond acceptors (Lipinski definition) is 14. The number of ether oxygens (including phenoxy) is 3. The Morgan fingerprint density at radius 3 is 1.54 bits per heavy atom. The molecule has 4 N–H and O–H groups in total. The zero-order valence-electron chi connectivity index (χ0n) is 37.9. The van der Waals surface area contributed by atoms with E-state index < -0.39 is 55.8 Å². The summed E-state index contributed by atoms with van der Waals surface area (Å²) in [7, 11) is 2.99. The molecule has 7 rings (SSSR count). The minimum absolute atomic E-state index is 0.0648. The Kier molecular flexibility index (Phi) is 14.9. The van der Waals surface area contributed by atoms with E-state index >= 15 is 19.2 Å². The maximum absolute atomic E-state index is 15.5. The van der Waals surface area contributed by atoms with Gasteiger partial charge in [0.15, 0.2) is 0 Å². The van der Waals surface area contributed by atoms with Crippen LogP contribution in [-0.2, 0) is 34.0 Å². The van der Waals surface area contributed by atoms with Gasteiger partial charge in [-0.05, 0) is 59.0 Å². The molecule has 20 heteroatoms. The Morgan fingerprint density at radius 1 is 0.686 bits per heavy atom. The highest BCUT2D eigenvalue weighted by Gasteiger charge is 2.44. The third-order valence-corrected chi connectivity index (χ3v) is 11.4. The Labute approximate surface area is 398 Å². The molecule has 2 atom stereocenters. The van der Waals surface area contributed by atoms with Gasteiger partial charge in [0.1, 0.15) is 23.3 Å². The molecule has 0 aliphatic heterocycles. The minimum atomic E-state index is -2.02. The minimum Gasteiger partial charge on any atom is -0.497 e. The summed E-state index contributed by atoms with van der Waals surface area (Å²) in [6.45, 7) is 0.689. The molecular formula is C50H45N9O11. The molecule has 20 nitrogen and oxygen atoms in total. The number of hydrogen-bond donors (Lipinski definition) is 3. The second kappa shape index (κ2) is 21.5. The van der Waals surface area contributed by atoms with Crippen LogP contribution < -0.4 is 31.6 Å². The van der Waals surface area contributed by atoms with Crippen LogP contribution in [0.2, 0.25) is 0 Å². The van der Waals surface area contributed by atoms with E-state index in [1.807, 2.05) is 0 Å². The third kappa shape index (κ3) is 10.8. The molecule has 0 bridgehead atoms. The SMILES string of the molecule is CCOC(=O)C(c1c(-c2cccc([N+](=O)[O-])c2)cnn(Cc2ccc(OC)cc2)c1=O)C(C(=O)NCc1ccc(C(=N)N)cc1)c1c(-c2cccc([N+](=O)[O-])c2)cnn(Cc2ccc(OC)cc2)c1=O. The van der Waals surface area contributed by atoms with E-state index in [4.69, 9.17) is 25.4 Å². The Morgan fingerprint density at radius 2 is 1.13 bits per heavy atom. The summed E-state index contributed by atoms with van der Waals surface area (Å²) in [5.74, 6) is -5.25. The number of nitrogen functional groups attached to an aromatic ring is 1. The third-order valence-electron chi connectivity index (χ3n) is 11.4. The van der Waals surface area contributed by atoms with Gasteiger partial charge in [-0.3, -0.25) is 44.8 Å². The first-order valence-electron chi connectivity index (χ1n) is 21.5. The van der Waals surface area contributed by atoms with Crippen LogP contribution in [0, 0.1) is 25.6 Å². The highest BCUT2D eigenvalue weighted by Crippen LogP contribution is 2.41. The van der Waals surface area contributed by atoms with Gasteiger partial charge in [0.25, 0.3) is 22.5 Å². The molecule has 7 aromatic rings. The number of carbonyl (C=O) groups excluding carboxylic acids is 2. The largest absolute Gasteiger partial charge is 0.497 e. The predicted octanol–water partition coefficient (Wildman–Crippen LogP) is 6.10. The lowest BCUT2D eigenvalue weighted by Gasteiger charge is -2.28. The number of non-ortho nitro benzene ring substituents is 2. The monoisotopic (exact) mass is 947 g/mol. The van der Waals surface area contributed by atoms with E-state index in [9.17, 15) is 20.2 Å². The number of aromatic nitrogens is 4. The summed E-state index contributed by atoms with van der Waals surface area (Å²) >= 11 is 0. The van der Waals surface area contributed by atoms with E-state index in [0.717, 1.165) is 9.36 Å². The number of rotatable bonds is 19. The molecule has 1 amide bonds. The first-order valence-corrected chi connectivity index (χ1v) is 21.5. The van der Waals surface area contributed by atoms with Crippen LogP contribution in [0.25, 0.3) is 22.3 Å². The summed E-state index contributed by atoms with van der Waals surface area (Å²) in [6.07, 6.45) is 2.49. The molecule has 0 aliphatic carbocycles. The number of amidine groups is 1. The fourth-order valence-corrected chi connectivity index (χ4v) is 7.88. The van der Waals surface area contributed by atoms with E-state index in [0.29, 0.717) is 33.8 Å². The Bertz CT molecular complexity index is 3230. The number of nitro benzene ring substituents is 2. The number of nitrogens with zero attached hydrogens (tertiary/aromatic N) is 6. The Hall–Kier alpha value is -9.33. The second-order valence-corrected chi connectivity index (χ2v) is 15.7. The smallest absolute Gasteiger partial charge is 0.314 e. The van der Waals surface area contributed by atoms with Crippen LogP contribution >= 0.6 is 0 Å². The molecule has 0 aliphatic rings. The van der Waals surface area contributed by atoms with Gasteiger partial charge in [0, 0.05) is 58.6 Å². The summed E-state index contributed by atoms with van der Waals surface area (Å²) in [4.78, 5) is 84.5. The lowest BCUT2D eigenvalue weighted by atomic mass is 9.77. The van der Waals surface area contributed by atoms with Crippen molar-refractivity contribution in [2.75, 3.05) is 20.8 Å². The van der Waals surface area contributed by atoms with Crippen molar-refractivity contribution < 1.29 is 33.6 Å². The fraction of sp³-hybridized carbons (Fsp3) is 0.180. The van der Waals surface area contributed by atoms with Crippen molar-refractivity contribution in [3.63, 3.8) is 0 Å². The lowest BCUT2D eigenvalue weighted by molar-refractivity contribution is -0.385. The molecule has 0 radical (unpaired) electrons. The molecule has 70 heavy (non-hydrogen) atoms. The van der Waals surface area contributed by atoms with Gasteiger partial charge >= 0.3 is 5.97 Å². The van der Waals surface area contributed by atoms with Crippen LogP contribution in [-0.4, -0.2) is 67.9 Å². The number of amides is 1. The van der Waals surface area contributed by atoms with Gasteiger partial charge in [-0.15, -0.1) is 0 Å². The number of esters is 1. The van der Waals surface area contributed by atoms with Crippen molar-refractivity contribution in [2.24, 2.45) is 5.73 Å². The number of benzene rings is 5. The predicted molar refractivity (Wildman–Crippen MR) is 257 cm³/mol. The number of carbonyl (C=O) groups is 2. The average Bonchev–Trinajstić information content (AvgIpc) is 3.37. The molecule has 0 saturated carbocycles. The Balaban J connectivity index is 1.56. The van der Waals surface area contributed by atoms with Gasteiger partial charge < -0.3 is 25.3 Å². The van der Waals surface area contributed by atoms with Crippen LogP contribution in [0.3, 0.4) is 0 Å². The summed E-state index contributed by atoms with van der Waals surface area (Å²) < 4.78 is 18.4. The normalized spacial score (nSPS) is 11.8. The van der Waals surface area contributed by atoms with Crippen molar-refractivity contribution in [3.8, 4) is 33.8 Å². The van der Waals surface area contributed by atoms with Gasteiger partial charge in [0.05, 0.1) is 62.1 Å². The van der Waals surface area contributed by atoms with Crippen molar-refractivity contribution in [2.45, 2.75) is 38.4 Å². The number of nitro groups is 2. The summed E-state index contributed by atoms with van der Waals surface area (Å²) in [5.41, 5.74) is 4.32. The molecule has 2 aromatic heterocycles. The van der Waals surface area contributed by atoms with Crippen molar-refractivity contribution in [1.29, 1.82) is 5.41 Å². The van der Waals surface area contributed by atoms with Crippen molar-refractivity contribution in [1.82, 2.24) is 24.9 Å². The average molecular weight is 948 g/mol.